The maximum Gasteiger partial charge on any atom is 0.184 e. The van der Waals surface area contributed by atoms with E-state index in [-0.39, 0.29) is 0 Å². The maximum atomic E-state index is 5.38. The van der Waals surface area contributed by atoms with Crippen molar-refractivity contribution in [2.45, 2.75) is 20.0 Å². The third-order valence-electron chi connectivity index (χ3n) is 2.94. The molecule has 20 heavy (non-hydrogen) atoms. The minimum atomic E-state index is 0.597. The van der Waals surface area contributed by atoms with Gasteiger partial charge in [-0.2, -0.15) is 0 Å². The Hall–Kier alpha value is -2.08. The van der Waals surface area contributed by atoms with E-state index >= 15 is 0 Å². The fourth-order valence-electron chi connectivity index (χ4n) is 1.97. The first kappa shape index (κ1) is 14.3. The minimum Gasteiger partial charge on any atom is -0.493 e. The standard InChI is InChI=1S/C14H20N4O2/c1-4-15-7-11-8-18(10-17-11)9-12-14(20-3)13(19-2)5-6-16-12/h5-6,8,10,15H,4,7,9H2,1-3H3. The van der Waals surface area contributed by atoms with Crippen LogP contribution in [0.15, 0.2) is 24.8 Å². The Morgan fingerprint density at radius 2 is 2.10 bits per heavy atom. The zero-order chi connectivity index (χ0) is 14.4. The van der Waals surface area contributed by atoms with Crippen molar-refractivity contribution in [3.8, 4) is 11.5 Å². The molecule has 0 bridgehead atoms. The average molecular weight is 276 g/mol. The number of aromatic nitrogens is 3. The summed E-state index contributed by atoms with van der Waals surface area (Å²) in [7, 11) is 3.24. The van der Waals surface area contributed by atoms with Crippen LogP contribution in [0.4, 0.5) is 0 Å². The summed E-state index contributed by atoms with van der Waals surface area (Å²) >= 11 is 0. The molecule has 0 spiro atoms. The van der Waals surface area contributed by atoms with Gasteiger partial charge in [-0.1, -0.05) is 6.92 Å². The van der Waals surface area contributed by atoms with E-state index < -0.39 is 0 Å². The summed E-state index contributed by atoms with van der Waals surface area (Å²) in [6.07, 6.45) is 5.52. The summed E-state index contributed by atoms with van der Waals surface area (Å²) in [6, 6.07) is 1.78. The van der Waals surface area contributed by atoms with Gasteiger partial charge < -0.3 is 19.4 Å². The van der Waals surface area contributed by atoms with Gasteiger partial charge in [0.15, 0.2) is 11.5 Å². The molecule has 6 heteroatoms. The van der Waals surface area contributed by atoms with Crippen LogP contribution in [0, 0.1) is 0 Å². The second-order valence-corrected chi connectivity index (χ2v) is 4.31. The molecule has 2 heterocycles. The molecule has 6 nitrogen and oxygen atoms in total. The van der Waals surface area contributed by atoms with Gasteiger partial charge in [0.05, 0.1) is 32.8 Å². The van der Waals surface area contributed by atoms with Crippen molar-refractivity contribution >= 4 is 0 Å². The van der Waals surface area contributed by atoms with E-state index in [0.717, 1.165) is 24.5 Å². The molecular formula is C14H20N4O2. The predicted octanol–water partition coefficient (Wildman–Crippen LogP) is 1.45. The Morgan fingerprint density at radius 1 is 1.25 bits per heavy atom. The monoisotopic (exact) mass is 276 g/mol. The van der Waals surface area contributed by atoms with Crippen molar-refractivity contribution < 1.29 is 9.47 Å². The predicted molar refractivity (Wildman–Crippen MR) is 76.1 cm³/mol. The molecule has 0 saturated carbocycles. The highest BCUT2D eigenvalue weighted by atomic mass is 16.5. The molecule has 0 amide bonds. The molecule has 0 aliphatic heterocycles. The van der Waals surface area contributed by atoms with Crippen LogP contribution >= 0.6 is 0 Å². The molecular weight excluding hydrogens is 256 g/mol. The van der Waals surface area contributed by atoms with Gasteiger partial charge in [0.25, 0.3) is 0 Å². The number of rotatable bonds is 7. The first-order valence-corrected chi connectivity index (χ1v) is 6.55. The first-order chi connectivity index (χ1) is 9.78. The number of pyridine rings is 1. The Balaban J connectivity index is 2.15. The average Bonchev–Trinajstić information content (AvgIpc) is 2.92. The van der Waals surface area contributed by atoms with E-state index in [9.17, 15) is 0 Å². The molecule has 0 aromatic carbocycles. The number of hydrogen-bond acceptors (Lipinski definition) is 5. The molecule has 0 atom stereocenters. The van der Waals surface area contributed by atoms with E-state index in [1.807, 2.05) is 10.8 Å². The lowest BCUT2D eigenvalue weighted by Crippen LogP contribution is -2.11. The van der Waals surface area contributed by atoms with Gasteiger partial charge in [-0.25, -0.2) is 4.98 Å². The molecule has 2 aromatic heterocycles. The van der Waals surface area contributed by atoms with E-state index in [0.29, 0.717) is 18.0 Å². The zero-order valence-electron chi connectivity index (χ0n) is 12.1. The van der Waals surface area contributed by atoms with Crippen LogP contribution in [-0.4, -0.2) is 35.3 Å². The normalized spacial score (nSPS) is 10.6. The van der Waals surface area contributed by atoms with Crippen molar-refractivity contribution in [3.63, 3.8) is 0 Å². The number of nitrogens with one attached hydrogen (secondary N) is 1. The maximum absolute atomic E-state index is 5.38. The second kappa shape index (κ2) is 6.91. The van der Waals surface area contributed by atoms with Crippen LogP contribution in [0.25, 0.3) is 0 Å². The van der Waals surface area contributed by atoms with Gasteiger partial charge >= 0.3 is 0 Å². The van der Waals surface area contributed by atoms with Crippen LogP contribution in [0.5, 0.6) is 11.5 Å². The molecule has 0 fully saturated rings. The molecule has 0 saturated heterocycles. The van der Waals surface area contributed by atoms with Crippen LogP contribution < -0.4 is 14.8 Å². The van der Waals surface area contributed by atoms with Gasteiger partial charge in [0.1, 0.15) is 5.69 Å². The molecule has 0 aliphatic rings. The smallest absolute Gasteiger partial charge is 0.184 e. The van der Waals surface area contributed by atoms with Gasteiger partial charge in [0.2, 0.25) is 0 Å². The third kappa shape index (κ3) is 3.27. The van der Waals surface area contributed by atoms with Gasteiger partial charge in [0, 0.05) is 25.0 Å². The summed E-state index contributed by atoms with van der Waals surface area (Å²) in [5.41, 5.74) is 1.83. The number of hydrogen-bond donors (Lipinski definition) is 1. The lowest BCUT2D eigenvalue weighted by Gasteiger charge is -2.11. The van der Waals surface area contributed by atoms with Crippen LogP contribution in [0.3, 0.4) is 0 Å². The van der Waals surface area contributed by atoms with Crippen molar-refractivity contribution in [2.24, 2.45) is 0 Å². The number of nitrogens with zero attached hydrogens (tertiary/aromatic N) is 3. The summed E-state index contributed by atoms with van der Waals surface area (Å²) in [6.45, 7) is 4.37. The lowest BCUT2D eigenvalue weighted by molar-refractivity contribution is 0.348. The molecule has 0 radical (unpaired) electrons. The third-order valence-corrected chi connectivity index (χ3v) is 2.94. The van der Waals surface area contributed by atoms with E-state index in [1.165, 1.54) is 0 Å². The Labute approximate surface area is 118 Å². The van der Waals surface area contributed by atoms with Gasteiger partial charge in [-0.3, -0.25) is 4.98 Å². The quantitative estimate of drug-likeness (QED) is 0.829. The number of ether oxygens (including phenoxy) is 2. The molecule has 108 valence electrons. The summed E-state index contributed by atoms with van der Waals surface area (Å²) < 4.78 is 12.6. The number of imidazole rings is 1. The molecule has 1 N–H and O–H groups in total. The van der Waals surface area contributed by atoms with Crippen molar-refractivity contribution in [1.82, 2.24) is 19.9 Å². The van der Waals surface area contributed by atoms with E-state index in [4.69, 9.17) is 9.47 Å². The Morgan fingerprint density at radius 3 is 2.80 bits per heavy atom. The molecule has 0 aliphatic carbocycles. The highest BCUT2D eigenvalue weighted by molar-refractivity contribution is 5.42. The van der Waals surface area contributed by atoms with Crippen molar-refractivity contribution in [1.29, 1.82) is 0 Å². The fourth-order valence-corrected chi connectivity index (χ4v) is 1.97. The van der Waals surface area contributed by atoms with Crippen LogP contribution in [-0.2, 0) is 13.1 Å². The minimum absolute atomic E-state index is 0.597. The molecule has 2 rings (SSSR count). The summed E-state index contributed by atoms with van der Waals surface area (Å²) in [5.74, 6) is 1.35. The van der Waals surface area contributed by atoms with Gasteiger partial charge in [-0.05, 0) is 6.54 Å². The molecule has 2 aromatic rings. The van der Waals surface area contributed by atoms with Crippen molar-refractivity contribution in [2.75, 3.05) is 20.8 Å². The summed E-state index contributed by atoms with van der Waals surface area (Å²) in [5, 5.41) is 3.25. The topological polar surface area (TPSA) is 61.2 Å². The molecule has 0 unspecified atom stereocenters. The highest BCUT2D eigenvalue weighted by Crippen LogP contribution is 2.29. The SMILES string of the molecule is CCNCc1cn(Cc2nccc(OC)c2OC)cn1. The van der Waals surface area contributed by atoms with E-state index in [2.05, 4.69) is 22.2 Å². The van der Waals surface area contributed by atoms with Gasteiger partial charge in [-0.15, -0.1) is 0 Å². The Bertz CT molecular complexity index is 554. The Kier molecular flexibility index (Phi) is 4.95. The van der Waals surface area contributed by atoms with Crippen molar-refractivity contribution in [3.05, 3.63) is 36.2 Å². The van der Waals surface area contributed by atoms with E-state index in [1.54, 1.807) is 32.8 Å². The summed E-state index contributed by atoms with van der Waals surface area (Å²) in [4.78, 5) is 8.70. The fraction of sp³-hybridized carbons (Fsp3) is 0.429. The van der Waals surface area contributed by atoms with Crippen LogP contribution in [0.2, 0.25) is 0 Å². The second-order valence-electron chi connectivity index (χ2n) is 4.31. The zero-order valence-corrected chi connectivity index (χ0v) is 12.1. The highest BCUT2D eigenvalue weighted by Gasteiger charge is 2.11. The largest absolute Gasteiger partial charge is 0.493 e. The number of methoxy groups -OCH3 is 2. The lowest BCUT2D eigenvalue weighted by atomic mass is 10.3. The first-order valence-electron chi connectivity index (χ1n) is 6.55. The van der Waals surface area contributed by atoms with Crippen LogP contribution in [0.1, 0.15) is 18.3 Å².